The summed E-state index contributed by atoms with van der Waals surface area (Å²) >= 11 is 0. The van der Waals surface area contributed by atoms with Crippen LogP contribution in [0.15, 0.2) is 30.5 Å². The zero-order valence-electron chi connectivity index (χ0n) is 16.1. The van der Waals surface area contributed by atoms with Crippen LogP contribution in [0, 0.1) is 0 Å². The van der Waals surface area contributed by atoms with Crippen LogP contribution in [0.2, 0.25) is 0 Å². The molecule has 1 aromatic carbocycles. The number of hydrogen-bond acceptors (Lipinski definition) is 6. The number of fused-ring (bicyclic) bond motifs is 1. The maximum absolute atomic E-state index is 12.7. The first-order valence-corrected chi connectivity index (χ1v) is 9.50. The highest BCUT2D eigenvalue weighted by atomic mass is 16.5. The number of aryl methyl sites for hydroxylation is 1. The quantitative estimate of drug-likeness (QED) is 0.374. The molecule has 0 aliphatic carbocycles. The van der Waals surface area contributed by atoms with Gasteiger partial charge in [-0.3, -0.25) is 19.2 Å². The smallest absolute Gasteiger partial charge is 0.329 e. The SMILES string of the molecule is CCCCCCn1cc(CC(C(=O)OC)N2C(=O)c3ccccc3C2=O)nn1. The Morgan fingerprint density at radius 3 is 2.39 bits per heavy atom. The van der Waals surface area contributed by atoms with Gasteiger partial charge in [0, 0.05) is 19.2 Å². The van der Waals surface area contributed by atoms with Gasteiger partial charge in [0.1, 0.15) is 6.04 Å². The van der Waals surface area contributed by atoms with E-state index < -0.39 is 23.8 Å². The van der Waals surface area contributed by atoms with Crippen molar-refractivity contribution >= 4 is 17.8 Å². The van der Waals surface area contributed by atoms with Gasteiger partial charge >= 0.3 is 5.97 Å². The summed E-state index contributed by atoms with van der Waals surface area (Å²) in [7, 11) is 1.23. The van der Waals surface area contributed by atoms with Crippen LogP contribution in [-0.4, -0.2) is 50.8 Å². The van der Waals surface area contributed by atoms with Crippen LogP contribution in [0.4, 0.5) is 0 Å². The monoisotopic (exact) mass is 384 g/mol. The first kappa shape index (κ1) is 19.7. The van der Waals surface area contributed by atoms with Crippen molar-refractivity contribution in [3.8, 4) is 0 Å². The minimum Gasteiger partial charge on any atom is -0.467 e. The minimum atomic E-state index is -1.08. The summed E-state index contributed by atoms with van der Waals surface area (Å²) < 4.78 is 6.57. The molecule has 0 bridgehead atoms. The zero-order valence-corrected chi connectivity index (χ0v) is 16.1. The second kappa shape index (κ2) is 8.77. The van der Waals surface area contributed by atoms with E-state index >= 15 is 0 Å². The fraction of sp³-hybridized carbons (Fsp3) is 0.450. The largest absolute Gasteiger partial charge is 0.467 e. The molecule has 1 aliphatic heterocycles. The van der Waals surface area contributed by atoms with E-state index in [1.165, 1.54) is 13.5 Å². The van der Waals surface area contributed by atoms with Crippen LogP contribution < -0.4 is 0 Å². The molecule has 0 saturated heterocycles. The van der Waals surface area contributed by atoms with Crippen molar-refractivity contribution in [1.82, 2.24) is 19.9 Å². The predicted molar refractivity (Wildman–Crippen MR) is 101 cm³/mol. The average molecular weight is 384 g/mol. The van der Waals surface area contributed by atoms with Crippen molar-refractivity contribution < 1.29 is 19.1 Å². The number of methoxy groups -OCH3 is 1. The summed E-state index contributed by atoms with van der Waals surface area (Å²) in [6.07, 6.45) is 6.25. The standard InChI is InChI=1S/C20H24N4O4/c1-3-4-5-8-11-23-13-14(21-22-23)12-17(20(27)28-2)24-18(25)15-9-6-7-10-16(15)19(24)26/h6-7,9-10,13,17H,3-5,8,11-12H2,1-2H3. The van der Waals surface area contributed by atoms with Gasteiger partial charge in [0.2, 0.25) is 0 Å². The van der Waals surface area contributed by atoms with Gasteiger partial charge in [0.05, 0.1) is 23.9 Å². The number of hydrogen-bond donors (Lipinski definition) is 0. The van der Waals surface area contributed by atoms with Crippen LogP contribution >= 0.6 is 0 Å². The normalized spacial score (nSPS) is 14.3. The summed E-state index contributed by atoms with van der Waals surface area (Å²) in [4.78, 5) is 38.8. The second-order valence-electron chi connectivity index (χ2n) is 6.80. The summed E-state index contributed by atoms with van der Waals surface area (Å²) in [6.45, 7) is 2.89. The van der Waals surface area contributed by atoms with Crippen molar-refractivity contribution in [2.45, 2.75) is 51.6 Å². The van der Waals surface area contributed by atoms with Crippen LogP contribution in [0.5, 0.6) is 0 Å². The number of unbranched alkanes of at least 4 members (excludes halogenated alkanes) is 3. The number of aromatic nitrogens is 3. The summed E-state index contributed by atoms with van der Waals surface area (Å²) in [5, 5.41) is 8.18. The lowest BCUT2D eigenvalue weighted by Gasteiger charge is -2.23. The molecule has 2 aromatic rings. The molecule has 3 rings (SSSR count). The van der Waals surface area contributed by atoms with Crippen molar-refractivity contribution in [1.29, 1.82) is 0 Å². The van der Waals surface area contributed by atoms with Crippen LogP contribution in [-0.2, 0) is 22.5 Å². The third-order valence-corrected chi connectivity index (χ3v) is 4.84. The fourth-order valence-corrected chi connectivity index (χ4v) is 3.35. The number of imide groups is 1. The second-order valence-corrected chi connectivity index (χ2v) is 6.80. The highest BCUT2D eigenvalue weighted by Gasteiger charge is 2.43. The highest BCUT2D eigenvalue weighted by molar-refractivity contribution is 6.22. The number of carbonyl (C=O) groups excluding carboxylic acids is 3. The molecule has 0 N–H and O–H groups in total. The Kier molecular flexibility index (Phi) is 6.18. The molecule has 0 fully saturated rings. The van der Waals surface area contributed by atoms with E-state index in [2.05, 4.69) is 17.2 Å². The lowest BCUT2D eigenvalue weighted by molar-refractivity contribution is -0.145. The van der Waals surface area contributed by atoms with E-state index in [-0.39, 0.29) is 6.42 Å². The van der Waals surface area contributed by atoms with Crippen molar-refractivity contribution in [2.24, 2.45) is 0 Å². The Balaban J connectivity index is 1.76. The molecule has 1 atom stereocenters. The number of benzene rings is 1. The summed E-state index contributed by atoms with van der Waals surface area (Å²) in [5.74, 6) is -1.65. The molecule has 0 radical (unpaired) electrons. The Labute approximate surface area is 163 Å². The molecule has 0 spiro atoms. The fourth-order valence-electron chi connectivity index (χ4n) is 3.35. The Bertz CT molecular complexity index is 842. The van der Waals surface area contributed by atoms with E-state index in [1.54, 1.807) is 35.1 Å². The summed E-state index contributed by atoms with van der Waals surface area (Å²) in [6, 6.07) is 5.45. The highest BCUT2D eigenvalue weighted by Crippen LogP contribution is 2.26. The average Bonchev–Trinajstić information content (AvgIpc) is 3.26. The lowest BCUT2D eigenvalue weighted by atomic mass is 10.1. The number of carbonyl (C=O) groups is 3. The van der Waals surface area contributed by atoms with E-state index in [0.717, 1.165) is 30.7 Å². The number of esters is 1. The molecule has 1 unspecified atom stereocenters. The summed E-state index contributed by atoms with van der Waals surface area (Å²) in [5.41, 5.74) is 1.12. The topological polar surface area (TPSA) is 94.4 Å². The number of rotatable bonds is 9. The van der Waals surface area contributed by atoms with Gasteiger partial charge in [-0.25, -0.2) is 4.79 Å². The number of amides is 2. The molecule has 1 aromatic heterocycles. The first-order valence-electron chi connectivity index (χ1n) is 9.50. The predicted octanol–water partition coefficient (Wildman–Crippen LogP) is 2.24. The van der Waals surface area contributed by atoms with Gasteiger partial charge in [0.25, 0.3) is 11.8 Å². The molecule has 148 valence electrons. The van der Waals surface area contributed by atoms with Gasteiger partial charge in [-0.15, -0.1) is 5.10 Å². The van der Waals surface area contributed by atoms with Crippen molar-refractivity contribution in [3.63, 3.8) is 0 Å². The molecular formula is C20H24N4O4. The molecular weight excluding hydrogens is 360 g/mol. The third-order valence-electron chi connectivity index (χ3n) is 4.84. The van der Waals surface area contributed by atoms with E-state index in [1.807, 2.05) is 0 Å². The van der Waals surface area contributed by atoms with Crippen molar-refractivity contribution in [2.75, 3.05) is 7.11 Å². The molecule has 1 aliphatic rings. The maximum Gasteiger partial charge on any atom is 0.329 e. The third kappa shape index (κ3) is 3.95. The van der Waals surface area contributed by atoms with Crippen LogP contribution in [0.3, 0.4) is 0 Å². The molecule has 28 heavy (non-hydrogen) atoms. The Morgan fingerprint density at radius 2 is 1.79 bits per heavy atom. The van der Waals surface area contributed by atoms with Gasteiger partial charge in [0.15, 0.2) is 0 Å². The van der Waals surface area contributed by atoms with Gasteiger partial charge in [-0.2, -0.15) is 0 Å². The number of ether oxygens (including phenoxy) is 1. The molecule has 2 amide bonds. The van der Waals surface area contributed by atoms with E-state index in [0.29, 0.717) is 16.8 Å². The molecule has 8 heteroatoms. The van der Waals surface area contributed by atoms with Crippen LogP contribution in [0.25, 0.3) is 0 Å². The first-order chi connectivity index (χ1) is 13.6. The molecule has 8 nitrogen and oxygen atoms in total. The van der Waals surface area contributed by atoms with E-state index in [4.69, 9.17) is 4.74 Å². The van der Waals surface area contributed by atoms with Gasteiger partial charge in [-0.1, -0.05) is 43.5 Å². The molecule has 0 saturated carbocycles. The zero-order chi connectivity index (χ0) is 20.1. The Morgan fingerprint density at radius 1 is 1.11 bits per heavy atom. The minimum absolute atomic E-state index is 0.0626. The maximum atomic E-state index is 12.7. The Hall–Kier alpha value is -3.03. The van der Waals surface area contributed by atoms with Crippen LogP contribution in [0.1, 0.15) is 59.0 Å². The molecule has 2 heterocycles. The number of nitrogens with zero attached hydrogens (tertiary/aromatic N) is 4. The lowest BCUT2D eigenvalue weighted by Crippen LogP contribution is -2.46. The van der Waals surface area contributed by atoms with E-state index in [9.17, 15) is 14.4 Å². The van der Waals surface area contributed by atoms with Gasteiger partial charge in [-0.05, 0) is 18.6 Å². The van der Waals surface area contributed by atoms with Crippen molar-refractivity contribution in [3.05, 3.63) is 47.3 Å². The van der Waals surface area contributed by atoms with Gasteiger partial charge < -0.3 is 4.74 Å².